The van der Waals surface area contributed by atoms with Gasteiger partial charge in [-0.05, 0) is 40.2 Å². The molecule has 0 radical (unpaired) electrons. The fraction of sp³-hybridized carbons (Fsp3) is 0.263. The van der Waals surface area contributed by atoms with E-state index in [4.69, 9.17) is 4.74 Å². The van der Waals surface area contributed by atoms with Crippen molar-refractivity contribution < 1.29 is 9.53 Å². The first kappa shape index (κ1) is 16.5. The van der Waals surface area contributed by atoms with Gasteiger partial charge in [-0.3, -0.25) is 4.79 Å². The number of aromatic nitrogens is 1. The first-order valence-corrected chi connectivity index (χ1v) is 9.88. The number of para-hydroxylation sites is 1. The van der Waals surface area contributed by atoms with Crippen molar-refractivity contribution in [1.29, 1.82) is 0 Å². The van der Waals surface area contributed by atoms with Gasteiger partial charge in [0.1, 0.15) is 6.10 Å². The van der Waals surface area contributed by atoms with E-state index in [-0.39, 0.29) is 12.0 Å². The lowest BCUT2D eigenvalue weighted by Gasteiger charge is -2.31. The summed E-state index contributed by atoms with van der Waals surface area (Å²) in [6.45, 7) is 1.41. The summed E-state index contributed by atoms with van der Waals surface area (Å²) in [4.78, 5) is 19.1. The summed E-state index contributed by atoms with van der Waals surface area (Å²) in [6.07, 6.45) is 1.77. The topological polar surface area (TPSA) is 42.4 Å². The van der Waals surface area contributed by atoms with Gasteiger partial charge in [0.25, 0.3) is 11.1 Å². The Morgan fingerprint density at radius 1 is 1.12 bits per heavy atom. The van der Waals surface area contributed by atoms with E-state index in [1.54, 1.807) is 11.3 Å². The number of benzene rings is 2. The second-order valence-electron chi connectivity index (χ2n) is 6.04. The van der Waals surface area contributed by atoms with Crippen LogP contribution in [0.15, 0.2) is 53.0 Å². The van der Waals surface area contributed by atoms with Crippen molar-refractivity contribution in [2.45, 2.75) is 18.9 Å². The van der Waals surface area contributed by atoms with Gasteiger partial charge in [-0.25, -0.2) is 4.98 Å². The zero-order chi connectivity index (χ0) is 17.2. The van der Waals surface area contributed by atoms with Crippen LogP contribution in [0.2, 0.25) is 0 Å². The van der Waals surface area contributed by atoms with Crippen LogP contribution >= 0.6 is 27.3 Å². The molecule has 25 heavy (non-hydrogen) atoms. The summed E-state index contributed by atoms with van der Waals surface area (Å²) in [7, 11) is 0. The van der Waals surface area contributed by atoms with E-state index < -0.39 is 0 Å². The summed E-state index contributed by atoms with van der Waals surface area (Å²) in [6, 6.07) is 15.6. The molecule has 3 aromatic rings. The number of rotatable bonds is 3. The van der Waals surface area contributed by atoms with E-state index in [1.165, 1.54) is 0 Å². The first-order chi connectivity index (χ1) is 12.2. The van der Waals surface area contributed by atoms with Gasteiger partial charge >= 0.3 is 0 Å². The minimum absolute atomic E-state index is 0.0749. The minimum Gasteiger partial charge on any atom is -0.467 e. The number of amides is 1. The Morgan fingerprint density at radius 3 is 2.60 bits per heavy atom. The number of carbonyl (C=O) groups is 1. The molecule has 4 rings (SSSR count). The molecule has 2 aromatic carbocycles. The highest BCUT2D eigenvalue weighted by molar-refractivity contribution is 9.10. The average Bonchev–Trinajstić information content (AvgIpc) is 3.04. The van der Waals surface area contributed by atoms with Crippen molar-refractivity contribution in [3.8, 4) is 5.19 Å². The molecule has 1 aliphatic rings. The molecule has 1 aromatic heterocycles. The first-order valence-electron chi connectivity index (χ1n) is 8.27. The molecule has 128 valence electrons. The fourth-order valence-electron chi connectivity index (χ4n) is 3.03. The summed E-state index contributed by atoms with van der Waals surface area (Å²) in [5.74, 6) is 0.0749. The van der Waals surface area contributed by atoms with Crippen LogP contribution in [0.3, 0.4) is 0 Å². The van der Waals surface area contributed by atoms with E-state index in [2.05, 4.69) is 27.0 Å². The standard InChI is InChI=1S/C19H17BrN2O2S/c20-15-6-2-1-5-14(15)18(23)22-11-9-13(10-12-22)24-19-21-16-7-3-4-8-17(16)25-19/h1-8,13H,9-12H2. The molecule has 0 N–H and O–H groups in total. The quantitative estimate of drug-likeness (QED) is 0.618. The fourth-order valence-corrected chi connectivity index (χ4v) is 4.36. The maximum Gasteiger partial charge on any atom is 0.274 e. The third-order valence-electron chi connectivity index (χ3n) is 4.38. The Bertz CT molecular complexity index is 870. The van der Waals surface area contributed by atoms with Crippen LogP contribution in [0.25, 0.3) is 10.2 Å². The number of hydrogen-bond donors (Lipinski definition) is 0. The van der Waals surface area contributed by atoms with E-state index in [0.29, 0.717) is 18.7 Å². The average molecular weight is 417 g/mol. The minimum atomic E-state index is 0.0749. The van der Waals surface area contributed by atoms with E-state index in [1.807, 2.05) is 47.4 Å². The zero-order valence-electron chi connectivity index (χ0n) is 13.5. The molecule has 1 aliphatic heterocycles. The molecule has 4 nitrogen and oxygen atoms in total. The molecule has 0 saturated carbocycles. The van der Waals surface area contributed by atoms with Crippen molar-refractivity contribution in [2.24, 2.45) is 0 Å². The number of hydrogen-bond acceptors (Lipinski definition) is 4. The van der Waals surface area contributed by atoms with Gasteiger partial charge in [0.15, 0.2) is 0 Å². The lowest BCUT2D eigenvalue weighted by molar-refractivity contribution is 0.0594. The van der Waals surface area contributed by atoms with Crippen LogP contribution in [0.4, 0.5) is 0 Å². The van der Waals surface area contributed by atoms with Crippen LogP contribution in [0.1, 0.15) is 23.2 Å². The van der Waals surface area contributed by atoms with Gasteiger partial charge in [-0.1, -0.05) is 35.6 Å². The number of carbonyl (C=O) groups excluding carboxylic acids is 1. The molecule has 1 saturated heterocycles. The Hall–Kier alpha value is -1.92. The Labute approximate surface area is 158 Å². The lowest BCUT2D eigenvalue weighted by Crippen LogP contribution is -2.41. The SMILES string of the molecule is O=C(c1ccccc1Br)N1CCC(Oc2nc3ccccc3s2)CC1. The molecule has 1 fully saturated rings. The van der Waals surface area contributed by atoms with Crippen molar-refractivity contribution >= 4 is 43.4 Å². The molecule has 1 amide bonds. The summed E-state index contributed by atoms with van der Waals surface area (Å²) in [5.41, 5.74) is 1.69. The van der Waals surface area contributed by atoms with Gasteiger partial charge in [0, 0.05) is 30.4 Å². The van der Waals surface area contributed by atoms with Crippen molar-refractivity contribution in [1.82, 2.24) is 9.88 Å². The summed E-state index contributed by atoms with van der Waals surface area (Å²) >= 11 is 5.03. The largest absolute Gasteiger partial charge is 0.467 e. The van der Waals surface area contributed by atoms with Gasteiger partial charge in [-0.15, -0.1) is 0 Å². The highest BCUT2D eigenvalue weighted by Crippen LogP contribution is 2.30. The van der Waals surface area contributed by atoms with E-state index in [0.717, 1.165) is 32.7 Å². The molecule has 0 spiro atoms. The molecule has 0 aliphatic carbocycles. The second-order valence-corrected chi connectivity index (χ2v) is 7.88. The number of likely N-dealkylation sites (tertiary alicyclic amines) is 1. The third-order valence-corrected chi connectivity index (χ3v) is 5.99. The molecule has 0 atom stereocenters. The Balaban J connectivity index is 1.38. The van der Waals surface area contributed by atoms with Crippen molar-refractivity contribution in [3.63, 3.8) is 0 Å². The van der Waals surface area contributed by atoms with Gasteiger partial charge in [-0.2, -0.15) is 0 Å². The molecular formula is C19H17BrN2O2S. The maximum absolute atomic E-state index is 12.6. The van der Waals surface area contributed by atoms with Crippen LogP contribution in [-0.4, -0.2) is 35.0 Å². The zero-order valence-corrected chi connectivity index (χ0v) is 15.9. The highest BCUT2D eigenvalue weighted by atomic mass is 79.9. The number of nitrogens with zero attached hydrogens (tertiary/aromatic N) is 2. The molecular weight excluding hydrogens is 400 g/mol. The molecule has 2 heterocycles. The lowest BCUT2D eigenvalue weighted by atomic mass is 10.1. The van der Waals surface area contributed by atoms with Gasteiger partial charge in [0.05, 0.1) is 15.8 Å². The molecule has 6 heteroatoms. The smallest absolute Gasteiger partial charge is 0.274 e. The van der Waals surface area contributed by atoms with E-state index in [9.17, 15) is 4.79 Å². The number of halogens is 1. The maximum atomic E-state index is 12.6. The van der Waals surface area contributed by atoms with Crippen LogP contribution in [0.5, 0.6) is 5.19 Å². The summed E-state index contributed by atoms with van der Waals surface area (Å²) in [5, 5.41) is 0.719. The molecule has 0 bridgehead atoms. The van der Waals surface area contributed by atoms with Gasteiger partial charge < -0.3 is 9.64 Å². The van der Waals surface area contributed by atoms with Crippen LogP contribution in [-0.2, 0) is 0 Å². The number of thiazole rings is 1. The Morgan fingerprint density at radius 2 is 1.84 bits per heavy atom. The third kappa shape index (κ3) is 3.55. The predicted octanol–water partition coefficient (Wildman–Crippen LogP) is 4.74. The van der Waals surface area contributed by atoms with Crippen molar-refractivity contribution in [2.75, 3.05) is 13.1 Å². The van der Waals surface area contributed by atoms with Crippen LogP contribution < -0.4 is 4.74 Å². The number of fused-ring (bicyclic) bond motifs is 1. The number of ether oxygens (including phenoxy) is 1. The monoisotopic (exact) mass is 416 g/mol. The van der Waals surface area contributed by atoms with Gasteiger partial charge in [0.2, 0.25) is 0 Å². The number of piperidine rings is 1. The van der Waals surface area contributed by atoms with Crippen molar-refractivity contribution in [3.05, 3.63) is 58.6 Å². The predicted molar refractivity (Wildman–Crippen MR) is 103 cm³/mol. The van der Waals surface area contributed by atoms with Crippen LogP contribution in [0, 0.1) is 0 Å². The summed E-state index contributed by atoms with van der Waals surface area (Å²) < 4.78 is 8.04. The Kier molecular flexibility index (Phi) is 4.72. The normalized spacial score (nSPS) is 15.5. The highest BCUT2D eigenvalue weighted by Gasteiger charge is 2.26. The second kappa shape index (κ2) is 7.14. The van der Waals surface area contributed by atoms with E-state index >= 15 is 0 Å². The molecule has 0 unspecified atom stereocenters.